The van der Waals surface area contributed by atoms with Crippen molar-refractivity contribution in [3.8, 4) is 11.5 Å². The first-order valence-electron chi connectivity index (χ1n) is 9.36. The number of rotatable bonds is 6. The number of amides is 1. The van der Waals surface area contributed by atoms with Gasteiger partial charge in [-0.3, -0.25) is 14.5 Å². The Bertz CT molecular complexity index is 844. The van der Waals surface area contributed by atoms with Gasteiger partial charge in [-0.05, 0) is 32.0 Å². The van der Waals surface area contributed by atoms with Crippen molar-refractivity contribution in [3.05, 3.63) is 46.8 Å². The number of Topliss-reactive ketones (excluding diaryl/α,β-unsaturated/α-hetero) is 1. The standard InChI is InChI=1S/C21H27N3O4/c1-14-12-16(15(2)22-14)17(25)13-23-8-10-24(11-9-23)21(26)20-18(27-3)6-5-7-19(20)28-4/h5-7,12,22H,8-11,13H2,1-4H3. The van der Waals surface area contributed by atoms with Gasteiger partial charge in [-0.1, -0.05) is 6.07 Å². The van der Waals surface area contributed by atoms with Crippen molar-refractivity contribution >= 4 is 11.7 Å². The first kappa shape index (κ1) is 19.9. The first-order chi connectivity index (χ1) is 13.4. The van der Waals surface area contributed by atoms with E-state index >= 15 is 0 Å². The topological polar surface area (TPSA) is 74.9 Å². The fourth-order valence-electron chi connectivity index (χ4n) is 3.63. The Balaban J connectivity index is 1.63. The maximum atomic E-state index is 13.0. The molecule has 1 saturated heterocycles. The van der Waals surface area contributed by atoms with Gasteiger partial charge >= 0.3 is 0 Å². The van der Waals surface area contributed by atoms with E-state index in [4.69, 9.17) is 9.47 Å². The van der Waals surface area contributed by atoms with Gasteiger partial charge in [0.05, 0.1) is 20.8 Å². The lowest BCUT2D eigenvalue weighted by atomic mass is 10.1. The summed E-state index contributed by atoms with van der Waals surface area (Å²) < 4.78 is 10.7. The zero-order chi connectivity index (χ0) is 20.3. The number of carbonyl (C=O) groups excluding carboxylic acids is 2. The highest BCUT2D eigenvalue weighted by atomic mass is 16.5. The van der Waals surface area contributed by atoms with Crippen molar-refractivity contribution in [3.63, 3.8) is 0 Å². The second-order valence-electron chi connectivity index (χ2n) is 7.02. The summed E-state index contributed by atoms with van der Waals surface area (Å²) in [5, 5.41) is 0. The predicted molar refractivity (Wildman–Crippen MR) is 106 cm³/mol. The molecule has 0 saturated carbocycles. The minimum absolute atomic E-state index is 0.105. The van der Waals surface area contributed by atoms with Crippen LogP contribution in [0.25, 0.3) is 0 Å². The van der Waals surface area contributed by atoms with Crippen LogP contribution in [-0.2, 0) is 0 Å². The number of nitrogens with one attached hydrogen (secondary N) is 1. The van der Waals surface area contributed by atoms with Crippen LogP contribution in [0.3, 0.4) is 0 Å². The summed E-state index contributed by atoms with van der Waals surface area (Å²) >= 11 is 0. The fourth-order valence-corrected chi connectivity index (χ4v) is 3.63. The molecule has 0 unspecified atom stereocenters. The number of ether oxygens (including phenoxy) is 2. The summed E-state index contributed by atoms with van der Waals surface area (Å²) in [6.07, 6.45) is 0. The molecule has 0 spiro atoms. The van der Waals surface area contributed by atoms with Crippen LogP contribution in [0.1, 0.15) is 32.1 Å². The van der Waals surface area contributed by atoms with Gasteiger partial charge in [0.1, 0.15) is 17.1 Å². The summed E-state index contributed by atoms with van der Waals surface area (Å²) in [5.41, 5.74) is 3.08. The van der Waals surface area contributed by atoms with E-state index in [2.05, 4.69) is 9.88 Å². The smallest absolute Gasteiger partial charge is 0.261 e. The molecular formula is C21H27N3O4. The maximum absolute atomic E-state index is 13.0. The quantitative estimate of drug-likeness (QED) is 0.773. The second-order valence-corrected chi connectivity index (χ2v) is 7.02. The van der Waals surface area contributed by atoms with E-state index in [1.807, 2.05) is 19.9 Å². The van der Waals surface area contributed by atoms with E-state index in [0.29, 0.717) is 49.8 Å². The van der Waals surface area contributed by atoms with Crippen molar-refractivity contribution in [2.45, 2.75) is 13.8 Å². The molecule has 0 bridgehead atoms. The van der Waals surface area contributed by atoms with Crippen LogP contribution in [-0.4, -0.2) is 73.4 Å². The normalized spacial score (nSPS) is 14.8. The molecular weight excluding hydrogens is 358 g/mol. The van der Waals surface area contributed by atoms with E-state index in [9.17, 15) is 9.59 Å². The monoisotopic (exact) mass is 385 g/mol. The van der Waals surface area contributed by atoms with E-state index in [-0.39, 0.29) is 11.7 Å². The van der Waals surface area contributed by atoms with Crippen molar-refractivity contribution in [1.82, 2.24) is 14.8 Å². The van der Waals surface area contributed by atoms with E-state index in [0.717, 1.165) is 17.0 Å². The number of benzene rings is 1. The molecule has 1 aromatic carbocycles. The number of piperazine rings is 1. The van der Waals surface area contributed by atoms with Crippen LogP contribution in [0.5, 0.6) is 11.5 Å². The number of ketones is 1. The molecule has 0 aliphatic carbocycles. The minimum Gasteiger partial charge on any atom is -0.496 e. The molecule has 0 radical (unpaired) electrons. The number of hydrogen-bond acceptors (Lipinski definition) is 5. The zero-order valence-corrected chi connectivity index (χ0v) is 16.9. The Hall–Kier alpha value is -2.80. The van der Waals surface area contributed by atoms with Gasteiger partial charge in [0, 0.05) is 43.1 Å². The van der Waals surface area contributed by atoms with Gasteiger partial charge in [0.2, 0.25) is 0 Å². The number of aromatic nitrogens is 1. The van der Waals surface area contributed by atoms with E-state index in [1.54, 1.807) is 37.3 Å². The van der Waals surface area contributed by atoms with Crippen LogP contribution >= 0.6 is 0 Å². The van der Waals surface area contributed by atoms with E-state index in [1.165, 1.54) is 0 Å². The largest absolute Gasteiger partial charge is 0.496 e. The SMILES string of the molecule is COc1cccc(OC)c1C(=O)N1CCN(CC(=O)c2cc(C)[nH]c2C)CC1. The third-order valence-corrected chi connectivity index (χ3v) is 5.12. The van der Waals surface area contributed by atoms with Gasteiger partial charge in [-0.25, -0.2) is 0 Å². The molecule has 0 atom stereocenters. The Morgan fingerprint density at radius 2 is 1.64 bits per heavy atom. The van der Waals surface area contributed by atoms with Crippen LogP contribution in [0.4, 0.5) is 0 Å². The van der Waals surface area contributed by atoms with Gasteiger partial charge in [0.15, 0.2) is 5.78 Å². The summed E-state index contributed by atoms with van der Waals surface area (Å²) in [5.74, 6) is 0.992. The molecule has 1 aliphatic heterocycles. The van der Waals surface area contributed by atoms with E-state index < -0.39 is 0 Å². The molecule has 2 heterocycles. The molecule has 7 nitrogen and oxygen atoms in total. The van der Waals surface area contributed by atoms with Crippen LogP contribution in [0, 0.1) is 13.8 Å². The molecule has 3 rings (SSSR count). The second kappa shape index (κ2) is 8.48. The maximum Gasteiger partial charge on any atom is 0.261 e. The molecule has 28 heavy (non-hydrogen) atoms. The zero-order valence-electron chi connectivity index (χ0n) is 16.9. The van der Waals surface area contributed by atoms with Gasteiger partial charge in [-0.2, -0.15) is 0 Å². The highest BCUT2D eigenvalue weighted by molar-refractivity contribution is 6.00. The Morgan fingerprint density at radius 1 is 1.04 bits per heavy atom. The third kappa shape index (κ3) is 4.04. The number of hydrogen-bond donors (Lipinski definition) is 1. The van der Waals surface area contributed by atoms with Crippen LogP contribution in [0.15, 0.2) is 24.3 Å². The Labute approximate surface area is 165 Å². The summed E-state index contributed by atoms with van der Waals surface area (Å²) in [4.78, 5) is 32.7. The van der Waals surface area contributed by atoms with Gasteiger partial charge in [-0.15, -0.1) is 0 Å². The molecule has 2 aromatic rings. The summed E-state index contributed by atoms with van der Waals surface area (Å²) in [7, 11) is 3.08. The average molecular weight is 385 g/mol. The fraction of sp³-hybridized carbons (Fsp3) is 0.429. The molecule has 1 amide bonds. The number of carbonyl (C=O) groups is 2. The average Bonchev–Trinajstić information content (AvgIpc) is 3.05. The number of aryl methyl sites for hydroxylation is 2. The predicted octanol–water partition coefficient (Wildman–Crippen LogP) is 2.29. The van der Waals surface area contributed by atoms with Gasteiger partial charge in [0.25, 0.3) is 5.91 Å². The van der Waals surface area contributed by atoms with Crippen molar-refractivity contribution in [1.29, 1.82) is 0 Å². The number of H-pyrrole nitrogens is 1. The molecule has 1 aliphatic rings. The lowest BCUT2D eigenvalue weighted by Crippen LogP contribution is -2.50. The van der Waals surface area contributed by atoms with Crippen LogP contribution < -0.4 is 9.47 Å². The number of nitrogens with zero attached hydrogens (tertiary/aromatic N) is 2. The highest BCUT2D eigenvalue weighted by Crippen LogP contribution is 2.29. The molecule has 1 aromatic heterocycles. The first-order valence-corrected chi connectivity index (χ1v) is 9.36. The summed E-state index contributed by atoms with van der Waals surface area (Å²) in [6, 6.07) is 7.20. The van der Waals surface area contributed by atoms with Crippen LogP contribution in [0.2, 0.25) is 0 Å². The lowest BCUT2D eigenvalue weighted by Gasteiger charge is -2.34. The minimum atomic E-state index is -0.114. The molecule has 7 heteroatoms. The van der Waals surface area contributed by atoms with Gasteiger partial charge < -0.3 is 19.4 Å². The van der Waals surface area contributed by atoms with Crippen molar-refractivity contribution < 1.29 is 19.1 Å². The highest BCUT2D eigenvalue weighted by Gasteiger charge is 2.28. The third-order valence-electron chi connectivity index (χ3n) is 5.12. The lowest BCUT2D eigenvalue weighted by molar-refractivity contribution is 0.0618. The van der Waals surface area contributed by atoms with Crippen molar-refractivity contribution in [2.24, 2.45) is 0 Å². The number of methoxy groups -OCH3 is 2. The molecule has 150 valence electrons. The Morgan fingerprint density at radius 3 is 2.14 bits per heavy atom. The molecule has 1 N–H and O–H groups in total. The number of aromatic amines is 1. The van der Waals surface area contributed by atoms with Crippen molar-refractivity contribution in [2.75, 3.05) is 46.9 Å². The Kier molecular flexibility index (Phi) is 6.04. The summed E-state index contributed by atoms with van der Waals surface area (Å²) in [6.45, 7) is 6.63. The molecule has 1 fully saturated rings.